The zero-order chi connectivity index (χ0) is 37.1. The lowest BCUT2D eigenvalue weighted by molar-refractivity contribution is -0.264. The Hall–Kier alpha value is -3.69. The van der Waals surface area contributed by atoms with Gasteiger partial charge in [0, 0.05) is 30.4 Å². The summed E-state index contributed by atoms with van der Waals surface area (Å²) in [6.45, 7) is 19.6. The van der Waals surface area contributed by atoms with Gasteiger partial charge in [-0.2, -0.15) is 0 Å². The van der Waals surface area contributed by atoms with Crippen molar-refractivity contribution in [2.45, 2.75) is 117 Å². The molecule has 1 fully saturated rings. The van der Waals surface area contributed by atoms with E-state index in [9.17, 15) is 44.5 Å². The van der Waals surface area contributed by atoms with Gasteiger partial charge in [0.25, 0.3) is 0 Å². The van der Waals surface area contributed by atoms with Gasteiger partial charge in [0.15, 0.2) is 11.9 Å². The van der Waals surface area contributed by atoms with Crippen molar-refractivity contribution in [1.82, 2.24) is 0 Å². The van der Waals surface area contributed by atoms with Gasteiger partial charge in [-0.05, 0) is 46.1 Å². The Bertz CT molecular complexity index is 1370. The molecular weight excluding hydrogens is 632 g/mol. The fraction of sp³-hybridized carbons (Fsp3) is 0.618. The molecule has 14 heteroatoms. The van der Waals surface area contributed by atoms with Crippen molar-refractivity contribution in [1.29, 1.82) is 0 Å². The molecule has 48 heavy (non-hydrogen) atoms. The molecule has 0 aliphatic heterocycles. The van der Waals surface area contributed by atoms with Gasteiger partial charge in [-0.15, -0.1) is 0 Å². The fourth-order valence-electron chi connectivity index (χ4n) is 6.05. The smallest absolute Gasteiger partial charge is 0.336 e. The molecule has 2 aliphatic carbocycles. The van der Waals surface area contributed by atoms with Gasteiger partial charge in [0.05, 0.1) is 11.5 Å². The second-order valence-electron chi connectivity index (χ2n) is 13.3. The lowest BCUT2D eigenvalue weighted by Crippen LogP contribution is -2.60. The molecule has 0 amide bonds. The Balaban J connectivity index is 3.09. The predicted molar refractivity (Wildman–Crippen MR) is 169 cm³/mol. The second kappa shape index (κ2) is 15.2. The maximum atomic E-state index is 14.3. The molecule has 2 rings (SSSR count). The Morgan fingerprint density at radius 3 is 2.00 bits per heavy atom. The summed E-state index contributed by atoms with van der Waals surface area (Å²) in [5.74, 6) is -7.55. The van der Waals surface area contributed by atoms with E-state index in [4.69, 9.17) is 18.9 Å². The van der Waals surface area contributed by atoms with E-state index in [1.54, 1.807) is 13.8 Å². The van der Waals surface area contributed by atoms with E-state index in [0.29, 0.717) is 0 Å². The van der Waals surface area contributed by atoms with Crippen molar-refractivity contribution in [3.8, 4) is 0 Å². The Kier molecular flexibility index (Phi) is 12.9. The summed E-state index contributed by atoms with van der Waals surface area (Å²) in [5, 5.41) is 44.9. The number of aliphatic hydroxyl groups excluding tert-OH is 1. The Labute approximate surface area is 279 Å². The molecule has 0 aromatic carbocycles. The third-order valence-corrected chi connectivity index (χ3v) is 8.93. The molecule has 10 atom stereocenters. The number of esters is 4. The molecule has 0 heterocycles. The Morgan fingerprint density at radius 1 is 0.958 bits per heavy atom. The van der Waals surface area contributed by atoms with Crippen LogP contribution in [0.2, 0.25) is 0 Å². The van der Waals surface area contributed by atoms with Crippen LogP contribution in [0.5, 0.6) is 0 Å². The standard InChI is InChI=1S/C34H48O14/c1-12-16(2)29(38)47-27-19(5)26(46-30(39)18(4)20(6)48-43)23-25(44-21(7)35)17(3)15-34(23,42)31(40)33(11,41)14-13-32(9,10)28(24(27)37)45-22(8)36/h12-14,17,20,23-28,37,41-43H,4-5,15H2,1-3,6-11H3/b14-13-,16-12-/t17-,20?,23+,24+,25-,26-,27-,28+,33+,34+/m0/s1. The third-order valence-electron chi connectivity index (χ3n) is 8.93. The number of fused-ring (bicyclic) bond motifs is 1. The monoisotopic (exact) mass is 680 g/mol. The summed E-state index contributed by atoms with van der Waals surface area (Å²) in [6, 6.07) is 0. The first kappa shape index (κ1) is 40.5. The van der Waals surface area contributed by atoms with Crippen molar-refractivity contribution in [3.63, 3.8) is 0 Å². The number of ketones is 1. The van der Waals surface area contributed by atoms with Crippen LogP contribution in [-0.4, -0.2) is 98.1 Å². The number of rotatable bonds is 8. The number of hydrogen-bond donors (Lipinski definition) is 4. The number of Topliss-reactive ketones (excluding diaryl/α,β-unsaturated/α-hetero) is 1. The van der Waals surface area contributed by atoms with Gasteiger partial charge in [0.1, 0.15) is 41.7 Å². The average Bonchev–Trinajstić information content (AvgIpc) is 3.25. The normalized spacial score (nSPS) is 35.2. The van der Waals surface area contributed by atoms with E-state index >= 15 is 0 Å². The van der Waals surface area contributed by atoms with E-state index in [0.717, 1.165) is 26.8 Å². The first-order valence-electron chi connectivity index (χ1n) is 15.4. The molecule has 0 aromatic rings. The maximum absolute atomic E-state index is 14.3. The van der Waals surface area contributed by atoms with E-state index in [2.05, 4.69) is 18.0 Å². The predicted octanol–water partition coefficient (Wildman–Crippen LogP) is 2.29. The molecule has 14 nitrogen and oxygen atoms in total. The molecule has 268 valence electrons. The van der Waals surface area contributed by atoms with Crippen LogP contribution >= 0.6 is 0 Å². The van der Waals surface area contributed by atoms with Crippen LogP contribution in [0.4, 0.5) is 0 Å². The van der Waals surface area contributed by atoms with Gasteiger partial charge < -0.3 is 34.3 Å². The number of aliphatic hydroxyl groups is 3. The van der Waals surface area contributed by atoms with Crippen molar-refractivity contribution in [2.24, 2.45) is 17.3 Å². The quantitative estimate of drug-likeness (QED) is 0.0724. The highest BCUT2D eigenvalue weighted by Crippen LogP contribution is 2.49. The van der Waals surface area contributed by atoms with Gasteiger partial charge >= 0.3 is 23.9 Å². The summed E-state index contributed by atoms with van der Waals surface area (Å²) in [5.41, 5.74) is -7.18. The average molecular weight is 681 g/mol. The van der Waals surface area contributed by atoms with E-state index in [1.165, 1.54) is 39.8 Å². The van der Waals surface area contributed by atoms with Gasteiger partial charge in [0.2, 0.25) is 0 Å². The van der Waals surface area contributed by atoms with Crippen LogP contribution in [0.1, 0.15) is 68.7 Å². The number of carbonyl (C=O) groups is 5. The van der Waals surface area contributed by atoms with E-state index in [-0.39, 0.29) is 5.57 Å². The highest BCUT2D eigenvalue weighted by Gasteiger charge is 2.65. The van der Waals surface area contributed by atoms with Gasteiger partial charge in [-0.25, -0.2) is 14.5 Å². The maximum Gasteiger partial charge on any atom is 0.336 e. The summed E-state index contributed by atoms with van der Waals surface area (Å²) in [7, 11) is 0. The summed E-state index contributed by atoms with van der Waals surface area (Å²) in [6.07, 6.45) is -6.58. The first-order chi connectivity index (χ1) is 22.0. The molecular formula is C34H48O14. The van der Waals surface area contributed by atoms with Crippen LogP contribution in [-0.2, 0) is 47.8 Å². The highest BCUT2D eigenvalue weighted by atomic mass is 17.1. The molecule has 0 aromatic heterocycles. The summed E-state index contributed by atoms with van der Waals surface area (Å²) >= 11 is 0. The molecule has 0 saturated heterocycles. The van der Waals surface area contributed by atoms with Crippen molar-refractivity contribution in [2.75, 3.05) is 0 Å². The van der Waals surface area contributed by atoms with Gasteiger partial charge in [-0.3, -0.25) is 19.6 Å². The number of carbonyl (C=O) groups excluding carboxylic acids is 5. The zero-order valence-electron chi connectivity index (χ0n) is 28.8. The molecule has 0 spiro atoms. The summed E-state index contributed by atoms with van der Waals surface area (Å²) < 4.78 is 22.6. The minimum atomic E-state index is -2.60. The largest absolute Gasteiger partial charge is 0.462 e. The number of hydrogen-bond acceptors (Lipinski definition) is 14. The van der Waals surface area contributed by atoms with E-state index < -0.39 is 112 Å². The second-order valence-corrected chi connectivity index (χ2v) is 13.3. The SMILES string of the molecule is C=C(C(=O)O[C@H]1C(=C)[C@H](OC(=O)/C(C)=C\C)[C@@H](O)[C@@H](OC(C)=O)C(C)(C)/C=C\[C@@](C)(O)C(=O)[C@@]2(O)C[C@H](C)[C@H](OC(C)=O)[C@H]12)C(C)OO. The van der Waals surface area contributed by atoms with Crippen LogP contribution in [0, 0.1) is 17.3 Å². The lowest BCUT2D eigenvalue weighted by atomic mass is 9.71. The summed E-state index contributed by atoms with van der Waals surface area (Å²) in [4.78, 5) is 69.8. The van der Waals surface area contributed by atoms with Gasteiger partial charge in [-0.1, -0.05) is 46.1 Å². The van der Waals surface area contributed by atoms with Crippen molar-refractivity contribution >= 4 is 29.7 Å². The fourth-order valence-corrected chi connectivity index (χ4v) is 6.05. The highest BCUT2D eigenvalue weighted by molar-refractivity contribution is 5.97. The van der Waals surface area contributed by atoms with Crippen molar-refractivity contribution < 1.29 is 68.4 Å². The Morgan fingerprint density at radius 2 is 1.50 bits per heavy atom. The zero-order valence-corrected chi connectivity index (χ0v) is 28.8. The molecule has 0 radical (unpaired) electrons. The minimum absolute atomic E-state index is 0.0927. The number of allylic oxidation sites excluding steroid dienone is 1. The molecule has 2 aliphatic rings. The molecule has 1 unspecified atom stereocenters. The first-order valence-corrected chi connectivity index (χ1v) is 15.4. The lowest BCUT2D eigenvalue weighted by Gasteiger charge is -2.44. The molecule has 0 bridgehead atoms. The van der Waals surface area contributed by atoms with Crippen LogP contribution in [0.15, 0.2) is 48.1 Å². The molecule has 4 N–H and O–H groups in total. The number of ether oxygens (including phenoxy) is 4. The van der Waals surface area contributed by atoms with Crippen LogP contribution in [0.25, 0.3) is 0 Å². The van der Waals surface area contributed by atoms with Crippen LogP contribution in [0.3, 0.4) is 0 Å². The molecule has 1 saturated carbocycles. The minimum Gasteiger partial charge on any atom is -0.462 e. The van der Waals surface area contributed by atoms with E-state index in [1.807, 2.05) is 0 Å². The van der Waals surface area contributed by atoms with Crippen LogP contribution < -0.4 is 0 Å². The van der Waals surface area contributed by atoms with Crippen molar-refractivity contribution in [3.05, 3.63) is 48.1 Å². The topological polar surface area (TPSA) is 212 Å². The third kappa shape index (κ3) is 8.47.